The van der Waals surface area contributed by atoms with Crippen molar-refractivity contribution < 1.29 is 0 Å². The highest BCUT2D eigenvalue weighted by Gasteiger charge is 2.19. The van der Waals surface area contributed by atoms with E-state index in [2.05, 4.69) is 19.4 Å². The molecule has 2 aromatic heterocycles. The zero-order chi connectivity index (χ0) is 12.5. The maximum atomic E-state index is 5.75. The molecule has 0 spiro atoms. The van der Waals surface area contributed by atoms with Crippen molar-refractivity contribution in [3.8, 4) is 0 Å². The van der Waals surface area contributed by atoms with Crippen LogP contribution in [-0.4, -0.2) is 26.1 Å². The minimum Gasteiger partial charge on any atom is -0.389 e. The molecule has 0 unspecified atom stereocenters. The van der Waals surface area contributed by atoms with Gasteiger partial charge < -0.3 is 15.2 Å². The molecule has 0 aromatic carbocycles. The van der Waals surface area contributed by atoms with Crippen LogP contribution < -0.4 is 10.6 Å². The van der Waals surface area contributed by atoms with Crippen molar-refractivity contribution in [1.29, 1.82) is 0 Å². The van der Waals surface area contributed by atoms with Crippen molar-refractivity contribution in [1.82, 2.24) is 14.5 Å². The van der Waals surface area contributed by atoms with E-state index in [0.29, 0.717) is 4.99 Å². The molecule has 0 saturated carbocycles. The number of anilines is 1. The van der Waals surface area contributed by atoms with Crippen molar-refractivity contribution >= 4 is 22.9 Å². The lowest BCUT2D eigenvalue weighted by molar-refractivity contribution is 0.559. The van der Waals surface area contributed by atoms with Crippen molar-refractivity contribution in [2.24, 2.45) is 5.73 Å². The number of thiocarbonyl (C=S) groups is 1. The maximum Gasteiger partial charge on any atom is 0.128 e. The van der Waals surface area contributed by atoms with E-state index in [1.54, 1.807) is 6.20 Å². The summed E-state index contributed by atoms with van der Waals surface area (Å²) in [7, 11) is 0. The third-order valence-electron chi connectivity index (χ3n) is 3.15. The zero-order valence-corrected chi connectivity index (χ0v) is 10.6. The molecule has 3 heterocycles. The van der Waals surface area contributed by atoms with E-state index in [1.807, 2.05) is 24.7 Å². The third kappa shape index (κ3) is 1.84. The van der Waals surface area contributed by atoms with E-state index < -0.39 is 0 Å². The fourth-order valence-corrected chi connectivity index (χ4v) is 2.40. The average molecular weight is 259 g/mol. The van der Waals surface area contributed by atoms with Crippen LogP contribution in [0.15, 0.2) is 30.9 Å². The van der Waals surface area contributed by atoms with Gasteiger partial charge in [0.15, 0.2) is 0 Å². The highest BCUT2D eigenvalue weighted by atomic mass is 32.1. The summed E-state index contributed by atoms with van der Waals surface area (Å²) in [5, 5.41) is 0. The second kappa shape index (κ2) is 4.38. The van der Waals surface area contributed by atoms with Gasteiger partial charge >= 0.3 is 0 Å². The van der Waals surface area contributed by atoms with Gasteiger partial charge in [0.2, 0.25) is 0 Å². The topological polar surface area (TPSA) is 60.0 Å². The Bertz CT molecular complexity index is 592. The Morgan fingerprint density at radius 3 is 3.06 bits per heavy atom. The molecule has 0 saturated heterocycles. The number of pyridine rings is 1. The van der Waals surface area contributed by atoms with Crippen LogP contribution in [0.25, 0.3) is 0 Å². The summed E-state index contributed by atoms with van der Waals surface area (Å²) in [6, 6.07) is 1.86. The minimum atomic E-state index is 0.404. The fraction of sp³-hybridized carbons (Fsp3) is 0.250. The third-order valence-corrected chi connectivity index (χ3v) is 3.37. The Kier molecular flexibility index (Phi) is 2.71. The van der Waals surface area contributed by atoms with Crippen LogP contribution in [0.3, 0.4) is 0 Å². The van der Waals surface area contributed by atoms with Crippen LogP contribution >= 0.6 is 12.2 Å². The van der Waals surface area contributed by atoms with Crippen LogP contribution in [0.1, 0.15) is 11.4 Å². The van der Waals surface area contributed by atoms with Crippen molar-refractivity contribution in [3.63, 3.8) is 0 Å². The van der Waals surface area contributed by atoms with Gasteiger partial charge in [-0.3, -0.25) is 4.98 Å². The fourth-order valence-electron chi connectivity index (χ4n) is 2.23. The molecule has 0 aliphatic carbocycles. The summed E-state index contributed by atoms with van der Waals surface area (Å²) >= 11 is 5.08. The molecule has 5 nitrogen and oxygen atoms in total. The normalized spacial score (nSPS) is 14.3. The molecule has 6 heteroatoms. The standard InChI is InChI=1S/C12H13N5S/c13-12(18)9-1-2-14-7-10(9)17-6-5-16-4-3-15-11(16)8-17/h1-4,7H,5-6,8H2,(H2,13,18). The van der Waals surface area contributed by atoms with E-state index in [0.717, 1.165) is 36.7 Å². The molecule has 1 aliphatic rings. The molecule has 0 atom stereocenters. The number of nitrogens with zero attached hydrogens (tertiary/aromatic N) is 4. The van der Waals surface area contributed by atoms with Gasteiger partial charge in [0.25, 0.3) is 0 Å². The van der Waals surface area contributed by atoms with Gasteiger partial charge in [0, 0.05) is 37.2 Å². The Balaban J connectivity index is 1.95. The number of hydrogen-bond donors (Lipinski definition) is 1. The molecule has 0 amide bonds. The van der Waals surface area contributed by atoms with Crippen LogP contribution in [-0.2, 0) is 13.1 Å². The van der Waals surface area contributed by atoms with Crippen LogP contribution in [0.5, 0.6) is 0 Å². The predicted molar refractivity (Wildman–Crippen MR) is 73.4 cm³/mol. The number of aromatic nitrogens is 3. The van der Waals surface area contributed by atoms with Gasteiger partial charge in [-0.25, -0.2) is 4.98 Å². The quantitative estimate of drug-likeness (QED) is 0.813. The summed E-state index contributed by atoms with van der Waals surface area (Å²) in [4.78, 5) is 11.1. The summed E-state index contributed by atoms with van der Waals surface area (Å²) in [5.41, 5.74) is 7.61. The number of hydrogen-bond acceptors (Lipinski definition) is 4. The Morgan fingerprint density at radius 1 is 1.33 bits per heavy atom. The van der Waals surface area contributed by atoms with Gasteiger partial charge in [-0.1, -0.05) is 12.2 Å². The van der Waals surface area contributed by atoms with E-state index in [4.69, 9.17) is 18.0 Å². The smallest absolute Gasteiger partial charge is 0.128 e. The molecule has 18 heavy (non-hydrogen) atoms. The van der Waals surface area contributed by atoms with Gasteiger partial charge in [-0.2, -0.15) is 0 Å². The second-order valence-electron chi connectivity index (χ2n) is 4.22. The minimum absolute atomic E-state index is 0.404. The molecule has 2 N–H and O–H groups in total. The monoisotopic (exact) mass is 259 g/mol. The summed E-state index contributed by atoms with van der Waals surface area (Å²) < 4.78 is 2.16. The Morgan fingerprint density at radius 2 is 2.22 bits per heavy atom. The van der Waals surface area contributed by atoms with Crippen molar-refractivity contribution in [2.45, 2.75) is 13.1 Å². The molecule has 0 radical (unpaired) electrons. The lowest BCUT2D eigenvalue weighted by atomic mass is 10.2. The first kappa shape index (κ1) is 11.2. The summed E-state index contributed by atoms with van der Waals surface area (Å²) in [6.45, 7) is 2.58. The first-order chi connectivity index (χ1) is 8.75. The number of nitrogens with two attached hydrogens (primary N) is 1. The van der Waals surface area contributed by atoms with E-state index >= 15 is 0 Å². The second-order valence-corrected chi connectivity index (χ2v) is 4.66. The largest absolute Gasteiger partial charge is 0.389 e. The van der Waals surface area contributed by atoms with Gasteiger partial charge in [0.05, 0.1) is 18.4 Å². The van der Waals surface area contributed by atoms with Crippen molar-refractivity contribution in [2.75, 3.05) is 11.4 Å². The number of rotatable bonds is 2. The average Bonchev–Trinajstić information content (AvgIpc) is 2.85. The van der Waals surface area contributed by atoms with Gasteiger partial charge in [0.1, 0.15) is 10.8 Å². The zero-order valence-electron chi connectivity index (χ0n) is 9.78. The summed E-state index contributed by atoms with van der Waals surface area (Å²) in [5.74, 6) is 1.05. The van der Waals surface area contributed by atoms with Crippen LogP contribution in [0.2, 0.25) is 0 Å². The Labute approximate surface area is 110 Å². The molecule has 0 fully saturated rings. The van der Waals surface area contributed by atoms with Gasteiger partial charge in [-0.15, -0.1) is 0 Å². The Hall–Kier alpha value is -1.95. The SMILES string of the molecule is NC(=S)c1ccncc1N1CCn2ccnc2C1. The molecule has 92 valence electrons. The highest BCUT2D eigenvalue weighted by molar-refractivity contribution is 7.80. The number of fused-ring (bicyclic) bond motifs is 1. The molecule has 1 aliphatic heterocycles. The highest BCUT2D eigenvalue weighted by Crippen LogP contribution is 2.23. The first-order valence-electron chi connectivity index (χ1n) is 5.74. The maximum absolute atomic E-state index is 5.75. The predicted octanol–water partition coefficient (Wildman–Crippen LogP) is 0.932. The lowest BCUT2D eigenvalue weighted by Crippen LogP contribution is -2.35. The van der Waals surface area contributed by atoms with E-state index in [1.165, 1.54) is 0 Å². The first-order valence-corrected chi connectivity index (χ1v) is 6.15. The van der Waals surface area contributed by atoms with Crippen LogP contribution in [0, 0.1) is 0 Å². The molecule has 2 aromatic rings. The van der Waals surface area contributed by atoms with Gasteiger partial charge in [-0.05, 0) is 6.07 Å². The van der Waals surface area contributed by atoms with Crippen LogP contribution in [0.4, 0.5) is 5.69 Å². The van der Waals surface area contributed by atoms with Crippen molar-refractivity contribution in [3.05, 3.63) is 42.2 Å². The van der Waals surface area contributed by atoms with E-state index in [9.17, 15) is 0 Å². The molecule has 0 bridgehead atoms. The van der Waals surface area contributed by atoms with E-state index in [-0.39, 0.29) is 0 Å². The molecule has 3 rings (SSSR count). The summed E-state index contributed by atoms with van der Waals surface area (Å²) in [6.07, 6.45) is 7.36. The lowest BCUT2D eigenvalue weighted by Gasteiger charge is -2.30. The molecular weight excluding hydrogens is 246 g/mol. The number of imidazole rings is 1. The molecular formula is C12H13N5S.